The number of benzene rings is 8. The van der Waals surface area contributed by atoms with E-state index in [1.807, 2.05) is 24.3 Å². The quantitative estimate of drug-likeness (QED) is 0.160. The summed E-state index contributed by atoms with van der Waals surface area (Å²) in [6, 6.07) is 69.6. The van der Waals surface area contributed by atoms with Crippen LogP contribution in [0.25, 0.3) is 77.9 Å². The van der Waals surface area contributed by atoms with Crippen LogP contribution in [0.5, 0.6) is 0 Å². The third-order valence-corrected chi connectivity index (χ3v) is 14.1. The molecule has 2 aliphatic carbocycles. The Morgan fingerprint density at radius 2 is 1.07 bits per heavy atom. The molecule has 318 valence electrons. The van der Waals surface area contributed by atoms with Gasteiger partial charge in [-0.1, -0.05) is 115 Å². The summed E-state index contributed by atoms with van der Waals surface area (Å²) in [4.78, 5) is 4.91. The fraction of sp³-hybridized carbons (Fsp3) is 0.0645. The SMILES string of the molecule is C1=Cc2c(c3c(n2-c2ccccc2)N(c2ccccc2)C2CC=C(c4cccc(-c5cccc(N(c6ccc7c(c6)oc6ccccc67)c6ccc7c(c6)oc6ccccc67)c5)c4)C=C32)CC1. The van der Waals surface area contributed by atoms with Crippen molar-refractivity contribution >= 4 is 89.7 Å². The van der Waals surface area contributed by atoms with Crippen LogP contribution in [0.3, 0.4) is 0 Å². The molecule has 0 bridgehead atoms. The Morgan fingerprint density at radius 1 is 0.493 bits per heavy atom. The van der Waals surface area contributed by atoms with E-state index >= 15 is 0 Å². The number of hydrogen-bond donors (Lipinski definition) is 0. The molecule has 1 aliphatic heterocycles. The summed E-state index contributed by atoms with van der Waals surface area (Å²) < 4.78 is 15.4. The van der Waals surface area contributed by atoms with Gasteiger partial charge in [-0.15, -0.1) is 0 Å². The van der Waals surface area contributed by atoms with Crippen molar-refractivity contribution in [3.05, 3.63) is 235 Å². The van der Waals surface area contributed by atoms with Crippen LogP contribution in [-0.2, 0) is 6.42 Å². The van der Waals surface area contributed by atoms with Gasteiger partial charge in [0.15, 0.2) is 0 Å². The second-order valence-electron chi connectivity index (χ2n) is 17.9. The maximum Gasteiger partial charge on any atom is 0.137 e. The first-order valence-electron chi connectivity index (χ1n) is 23.3. The van der Waals surface area contributed by atoms with E-state index in [0.29, 0.717) is 0 Å². The Bertz CT molecular complexity index is 3750. The number of para-hydroxylation sites is 4. The molecule has 3 aliphatic rings. The average Bonchev–Trinajstić information content (AvgIpc) is 4.14. The minimum absolute atomic E-state index is 0.200. The van der Waals surface area contributed by atoms with Gasteiger partial charge in [-0.3, -0.25) is 4.57 Å². The van der Waals surface area contributed by atoms with E-state index in [9.17, 15) is 0 Å². The lowest BCUT2D eigenvalue weighted by molar-refractivity contribution is 0.669. The second-order valence-corrected chi connectivity index (χ2v) is 17.9. The van der Waals surface area contributed by atoms with Crippen molar-refractivity contribution in [1.82, 2.24) is 4.57 Å². The number of allylic oxidation sites excluding steroid dienone is 3. The number of rotatable bonds is 7. The predicted molar refractivity (Wildman–Crippen MR) is 277 cm³/mol. The van der Waals surface area contributed by atoms with E-state index in [-0.39, 0.29) is 6.04 Å². The predicted octanol–water partition coefficient (Wildman–Crippen LogP) is 16.8. The zero-order valence-corrected chi connectivity index (χ0v) is 36.6. The summed E-state index contributed by atoms with van der Waals surface area (Å²) in [5.41, 5.74) is 19.3. The summed E-state index contributed by atoms with van der Waals surface area (Å²) >= 11 is 0. The molecule has 8 aromatic carbocycles. The van der Waals surface area contributed by atoms with E-state index in [1.54, 1.807) is 0 Å². The molecule has 0 spiro atoms. The highest BCUT2D eigenvalue weighted by Gasteiger charge is 2.42. The van der Waals surface area contributed by atoms with Crippen LogP contribution in [0.4, 0.5) is 28.6 Å². The van der Waals surface area contributed by atoms with Crippen LogP contribution in [0.2, 0.25) is 0 Å². The van der Waals surface area contributed by atoms with Gasteiger partial charge in [-0.05, 0) is 144 Å². The number of nitrogens with zero attached hydrogens (tertiary/aromatic N) is 3. The Balaban J connectivity index is 0.873. The van der Waals surface area contributed by atoms with E-state index in [1.165, 1.54) is 50.7 Å². The topological polar surface area (TPSA) is 37.7 Å². The van der Waals surface area contributed by atoms with E-state index in [2.05, 4.69) is 209 Å². The molecule has 0 radical (unpaired) electrons. The summed E-state index contributed by atoms with van der Waals surface area (Å²) in [5, 5.41) is 4.43. The van der Waals surface area contributed by atoms with Gasteiger partial charge in [0.2, 0.25) is 0 Å². The van der Waals surface area contributed by atoms with E-state index in [4.69, 9.17) is 8.83 Å². The summed E-state index contributed by atoms with van der Waals surface area (Å²) in [5.74, 6) is 1.27. The van der Waals surface area contributed by atoms with Gasteiger partial charge in [0.25, 0.3) is 0 Å². The molecule has 1 unspecified atom stereocenters. The molecular weight excluding hydrogens is 819 g/mol. The number of hydrogen-bond acceptors (Lipinski definition) is 4. The van der Waals surface area contributed by atoms with Gasteiger partial charge in [0.05, 0.1) is 11.7 Å². The third kappa shape index (κ3) is 6.01. The second kappa shape index (κ2) is 15.0. The van der Waals surface area contributed by atoms with Gasteiger partial charge in [-0.2, -0.15) is 0 Å². The first-order chi connectivity index (χ1) is 33.2. The van der Waals surface area contributed by atoms with Crippen molar-refractivity contribution in [3.8, 4) is 16.8 Å². The molecule has 67 heavy (non-hydrogen) atoms. The average molecular weight is 862 g/mol. The molecule has 0 amide bonds. The standard InChI is InChI=1S/C62H43N3O2/c1-3-18-44(19-4-1)64-55-26-10-7-25-53(55)61-54-37-43(29-34-56(54)65(62(61)64)45-20-5-2-6-21-45)41-16-13-15-40(35-41)42-17-14-22-46(36-42)63(47-30-32-51-49-23-8-11-27-57(49)66-59(51)38-47)48-31-33-52-50-24-9-12-28-58(50)67-60(52)39-48/h1-6,8-24,26-33,35-39,56H,7,25,34H2. The van der Waals surface area contributed by atoms with Crippen molar-refractivity contribution in [3.63, 3.8) is 0 Å². The molecule has 0 N–H and O–H groups in total. The smallest absolute Gasteiger partial charge is 0.137 e. The van der Waals surface area contributed by atoms with Crippen molar-refractivity contribution < 1.29 is 8.83 Å². The molecule has 14 rings (SSSR count). The van der Waals surface area contributed by atoms with Crippen LogP contribution < -0.4 is 9.80 Å². The molecular formula is C62H43N3O2. The van der Waals surface area contributed by atoms with Gasteiger partial charge in [0, 0.05) is 67.7 Å². The van der Waals surface area contributed by atoms with Crippen molar-refractivity contribution in [2.45, 2.75) is 25.3 Å². The normalized spacial score (nSPS) is 15.2. The molecule has 11 aromatic rings. The minimum atomic E-state index is 0.200. The molecule has 4 heterocycles. The number of aromatic nitrogens is 1. The molecule has 5 heteroatoms. The van der Waals surface area contributed by atoms with E-state index < -0.39 is 0 Å². The summed E-state index contributed by atoms with van der Waals surface area (Å²) in [7, 11) is 0. The number of anilines is 5. The van der Waals surface area contributed by atoms with Crippen LogP contribution in [0.1, 0.15) is 35.2 Å². The lowest BCUT2D eigenvalue weighted by Gasteiger charge is -2.31. The molecule has 0 saturated heterocycles. The van der Waals surface area contributed by atoms with Crippen molar-refractivity contribution in [2.75, 3.05) is 9.80 Å². The molecule has 0 saturated carbocycles. The molecule has 0 fully saturated rings. The van der Waals surface area contributed by atoms with Gasteiger partial charge in [-0.25, -0.2) is 0 Å². The van der Waals surface area contributed by atoms with Crippen molar-refractivity contribution in [2.24, 2.45) is 0 Å². The Labute approximate surface area is 388 Å². The highest BCUT2D eigenvalue weighted by molar-refractivity contribution is 6.08. The Kier molecular flexibility index (Phi) is 8.47. The van der Waals surface area contributed by atoms with Crippen LogP contribution in [0.15, 0.2) is 221 Å². The van der Waals surface area contributed by atoms with Gasteiger partial charge in [0.1, 0.15) is 28.1 Å². The maximum absolute atomic E-state index is 6.45. The number of fused-ring (bicyclic) bond motifs is 11. The van der Waals surface area contributed by atoms with Gasteiger partial charge < -0.3 is 18.6 Å². The van der Waals surface area contributed by atoms with Crippen molar-refractivity contribution in [1.29, 1.82) is 0 Å². The van der Waals surface area contributed by atoms with E-state index in [0.717, 1.165) is 91.3 Å². The highest BCUT2D eigenvalue weighted by atomic mass is 16.3. The highest BCUT2D eigenvalue weighted by Crippen LogP contribution is 2.54. The lowest BCUT2D eigenvalue weighted by Crippen LogP contribution is -2.29. The fourth-order valence-electron chi connectivity index (χ4n) is 11.1. The van der Waals surface area contributed by atoms with Crippen LogP contribution in [0, 0.1) is 0 Å². The first kappa shape index (κ1) is 37.8. The third-order valence-electron chi connectivity index (χ3n) is 14.1. The Hall–Kier alpha value is -8.54. The fourth-order valence-corrected chi connectivity index (χ4v) is 11.1. The largest absolute Gasteiger partial charge is 0.456 e. The Morgan fingerprint density at radius 3 is 1.78 bits per heavy atom. The zero-order chi connectivity index (χ0) is 44.0. The molecule has 1 atom stereocenters. The minimum Gasteiger partial charge on any atom is -0.456 e. The van der Waals surface area contributed by atoms with Crippen LogP contribution in [-0.4, -0.2) is 10.6 Å². The molecule has 3 aromatic heterocycles. The summed E-state index contributed by atoms with van der Waals surface area (Å²) in [6.07, 6.45) is 12.6. The lowest BCUT2D eigenvalue weighted by atomic mass is 9.86. The molecule has 5 nitrogen and oxygen atoms in total. The number of furan rings is 2. The zero-order valence-electron chi connectivity index (χ0n) is 36.6. The monoisotopic (exact) mass is 861 g/mol. The first-order valence-corrected chi connectivity index (χ1v) is 23.3. The van der Waals surface area contributed by atoms with Crippen LogP contribution >= 0.6 is 0 Å². The summed E-state index contributed by atoms with van der Waals surface area (Å²) in [6.45, 7) is 0. The maximum atomic E-state index is 6.45. The van der Waals surface area contributed by atoms with Gasteiger partial charge >= 0.3 is 0 Å².